The first-order valence-corrected chi connectivity index (χ1v) is 4.28. The van der Waals surface area contributed by atoms with E-state index >= 15 is 0 Å². The number of rotatable bonds is 4. The van der Waals surface area contributed by atoms with E-state index in [0.717, 1.165) is 18.6 Å². The third kappa shape index (κ3) is 1.24. The van der Waals surface area contributed by atoms with Gasteiger partial charge in [0, 0.05) is 18.6 Å². The molecule has 0 heterocycles. The highest BCUT2D eigenvalue weighted by Gasteiger charge is 2.37. The van der Waals surface area contributed by atoms with Crippen molar-refractivity contribution < 1.29 is 0 Å². The molecule has 0 amide bonds. The van der Waals surface area contributed by atoms with E-state index in [4.69, 9.17) is 0 Å². The van der Waals surface area contributed by atoms with Crippen LogP contribution in [0.25, 0.3) is 0 Å². The second-order valence-electron chi connectivity index (χ2n) is 3.45. The van der Waals surface area contributed by atoms with Crippen LogP contribution in [0.4, 0.5) is 0 Å². The second kappa shape index (κ2) is 2.39. The van der Waals surface area contributed by atoms with Gasteiger partial charge in [-0.1, -0.05) is 6.08 Å². The summed E-state index contributed by atoms with van der Waals surface area (Å²) in [7, 11) is 0. The van der Waals surface area contributed by atoms with Gasteiger partial charge in [-0.05, 0) is 25.7 Å². The Kier molecular flexibility index (Phi) is 1.53. The van der Waals surface area contributed by atoms with Crippen molar-refractivity contribution >= 4 is 0 Å². The lowest BCUT2D eigenvalue weighted by molar-refractivity contribution is 0.281. The zero-order valence-corrected chi connectivity index (χ0v) is 6.42. The quantitative estimate of drug-likeness (QED) is 0.534. The highest BCUT2D eigenvalue weighted by Crippen LogP contribution is 2.36. The standard InChI is InChI=1S/C9H15N/c1-2-7-10(8-3-4-8)9-5-6-9/h2,8-9H,1,3-7H2. The van der Waals surface area contributed by atoms with Gasteiger partial charge in [-0.3, -0.25) is 4.90 Å². The zero-order chi connectivity index (χ0) is 6.97. The van der Waals surface area contributed by atoms with E-state index in [1.807, 2.05) is 6.08 Å². The molecule has 0 bridgehead atoms. The predicted molar refractivity (Wildman–Crippen MR) is 42.9 cm³/mol. The van der Waals surface area contributed by atoms with Crippen LogP contribution in [0, 0.1) is 0 Å². The summed E-state index contributed by atoms with van der Waals surface area (Å²) in [5, 5.41) is 0. The molecule has 1 heteroatoms. The first-order valence-electron chi connectivity index (χ1n) is 4.28. The van der Waals surface area contributed by atoms with Gasteiger partial charge < -0.3 is 0 Å². The summed E-state index contributed by atoms with van der Waals surface area (Å²) in [6, 6.07) is 1.87. The molecule has 0 spiro atoms. The van der Waals surface area contributed by atoms with Crippen LogP contribution in [0.1, 0.15) is 25.7 Å². The van der Waals surface area contributed by atoms with Gasteiger partial charge in [0.15, 0.2) is 0 Å². The van der Waals surface area contributed by atoms with Gasteiger partial charge in [-0.25, -0.2) is 0 Å². The van der Waals surface area contributed by atoms with Crippen molar-refractivity contribution in [2.24, 2.45) is 0 Å². The van der Waals surface area contributed by atoms with E-state index in [2.05, 4.69) is 11.5 Å². The summed E-state index contributed by atoms with van der Waals surface area (Å²) in [5.74, 6) is 0. The summed E-state index contributed by atoms with van der Waals surface area (Å²) in [4.78, 5) is 2.62. The average Bonchev–Trinajstić information content (AvgIpc) is 2.77. The van der Waals surface area contributed by atoms with Crippen LogP contribution in [-0.4, -0.2) is 23.5 Å². The minimum Gasteiger partial charge on any atom is -0.294 e. The normalized spacial score (nSPS) is 25.3. The van der Waals surface area contributed by atoms with E-state index in [9.17, 15) is 0 Å². The van der Waals surface area contributed by atoms with Crippen molar-refractivity contribution in [3.63, 3.8) is 0 Å². The van der Waals surface area contributed by atoms with E-state index in [-0.39, 0.29) is 0 Å². The molecule has 0 aromatic heterocycles. The minimum absolute atomic E-state index is 0.936. The largest absolute Gasteiger partial charge is 0.294 e. The molecule has 0 unspecified atom stereocenters. The monoisotopic (exact) mass is 137 g/mol. The van der Waals surface area contributed by atoms with Gasteiger partial charge in [0.25, 0.3) is 0 Å². The molecule has 0 atom stereocenters. The maximum atomic E-state index is 3.78. The molecule has 56 valence electrons. The Morgan fingerprint density at radius 2 is 1.70 bits per heavy atom. The first-order chi connectivity index (χ1) is 4.92. The third-order valence-corrected chi connectivity index (χ3v) is 2.37. The molecule has 2 aliphatic rings. The Hall–Kier alpha value is -0.300. The Labute approximate surface area is 62.7 Å². The van der Waals surface area contributed by atoms with E-state index in [0.29, 0.717) is 0 Å². The maximum absolute atomic E-state index is 3.78. The lowest BCUT2D eigenvalue weighted by Gasteiger charge is -2.18. The number of nitrogens with zero attached hydrogens (tertiary/aromatic N) is 1. The average molecular weight is 137 g/mol. The van der Waals surface area contributed by atoms with Crippen molar-refractivity contribution in [3.05, 3.63) is 12.7 Å². The van der Waals surface area contributed by atoms with Crippen molar-refractivity contribution in [2.45, 2.75) is 37.8 Å². The maximum Gasteiger partial charge on any atom is 0.0166 e. The summed E-state index contributed by atoms with van der Waals surface area (Å²) in [6.45, 7) is 4.90. The van der Waals surface area contributed by atoms with Gasteiger partial charge in [0.1, 0.15) is 0 Å². The van der Waals surface area contributed by atoms with Gasteiger partial charge in [-0.2, -0.15) is 0 Å². The molecule has 10 heavy (non-hydrogen) atoms. The lowest BCUT2D eigenvalue weighted by Crippen LogP contribution is -2.28. The Morgan fingerprint density at radius 3 is 2.00 bits per heavy atom. The van der Waals surface area contributed by atoms with Gasteiger partial charge in [0.2, 0.25) is 0 Å². The molecular formula is C9H15N. The smallest absolute Gasteiger partial charge is 0.0166 e. The Bertz CT molecular complexity index is 122. The SMILES string of the molecule is C=CCN(C1CC1)C1CC1. The first kappa shape index (κ1) is 6.41. The van der Waals surface area contributed by atoms with Crippen LogP contribution >= 0.6 is 0 Å². The molecule has 0 aromatic rings. The van der Waals surface area contributed by atoms with Crippen molar-refractivity contribution in [3.8, 4) is 0 Å². The molecular weight excluding hydrogens is 122 g/mol. The van der Waals surface area contributed by atoms with E-state index in [1.54, 1.807) is 0 Å². The molecule has 2 rings (SSSR count). The number of hydrogen-bond donors (Lipinski definition) is 0. The minimum atomic E-state index is 0.936. The molecule has 0 aliphatic heterocycles. The summed E-state index contributed by atoms with van der Waals surface area (Å²) in [5.41, 5.74) is 0. The Morgan fingerprint density at radius 1 is 1.20 bits per heavy atom. The van der Waals surface area contributed by atoms with Crippen molar-refractivity contribution in [1.82, 2.24) is 4.90 Å². The molecule has 0 aromatic carbocycles. The summed E-state index contributed by atoms with van der Waals surface area (Å²) >= 11 is 0. The van der Waals surface area contributed by atoms with Crippen LogP contribution in [0.2, 0.25) is 0 Å². The van der Waals surface area contributed by atoms with Gasteiger partial charge in [-0.15, -0.1) is 6.58 Å². The van der Waals surface area contributed by atoms with Gasteiger partial charge >= 0.3 is 0 Å². The fourth-order valence-electron chi connectivity index (χ4n) is 1.56. The van der Waals surface area contributed by atoms with Crippen LogP contribution < -0.4 is 0 Å². The molecule has 2 saturated carbocycles. The van der Waals surface area contributed by atoms with Crippen LogP contribution in [0.3, 0.4) is 0 Å². The predicted octanol–water partition coefficient (Wildman–Crippen LogP) is 1.80. The van der Waals surface area contributed by atoms with Crippen molar-refractivity contribution in [2.75, 3.05) is 6.54 Å². The highest BCUT2D eigenvalue weighted by atomic mass is 15.2. The van der Waals surface area contributed by atoms with Crippen LogP contribution in [-0.2, 0) is 0 Å². The Balaban J connectivity index is 1.85. The molecule has 2 aliphatic carbocycles. The lowest BCUT2D eigenvalue weighted by atomic mass is 10.4. The van der Waals surface area contributed by atoms with E-state index < -0.39 is 0 Å². The fraction of sp³-hybridized carbons (Fsp3) is 0.778. The molecule has 0 radical (unpaired) electrons. The third-order valence-electron chi connectivity index (χ3n) is 2.37. The molecule has 0 saturated heterocycles. The summed E-state index contributed by atoms with van der Waals surface area (Å²) in [6.07, 6.45) is 7.78. The van der Waals surface area contributed by atoms with Crippen LogP contribution in [0.15, 0.2) is 12.7 Å². The molecule has 0 N–H and O–H groups in total. The fourth-order valence-corrected chi connectivity index (χ4v) is 1.56. The second-order valence-corrected chi connectivity index (χ2v) is 3.45. The van der Waals surface area contributed by atoms with Crippen LogP contribution in [0.5, 0.6) is 0 Å². The number of hydrogen-bond acceptors (Lipinski definition) is 1. The highest BCUT2D eigenvalue weighted by molar-refractivity contribution is 4.96. The molecule has 1 nitrogen and oxygen atoms in total. The summed E-state index contributed by atoms with van der Waals surface area (Å²) < 4.78 is 0. The van der Waals surface area contributed by atoms with Gasteiger partial charge in [0.05, 0.1) is 0 Å². The van der Waals surface area contributed by atoms with Crippen molar-refractivity contribution in [1.29, 1.82) is 0 Å². The molecule has 2 fully saturated rings. The zero-order valence-electron chi connectivity index (χ0n) is 6.42. The topological polar surface area (TPSA) is 3.24 Å². The van der Waals surface area contributed by atoms with E-state index in [1.165, 1.54) is 25.7 Å².